The van der Waals surface area contributed by atoms with Gasteiger partial charge in [-0.25, -0.2) is 4.79 Å². The van der Waals surface area contributed by atoms with E-state index in [1.807, 2.05) is 0 Å². The Morgan fingerprint density at radius 1 is 1.44 bits per heavy atom. The molecule has 1 rings (SSSR count). The van der Waals surface area contributed by atoms with E-state index in [9.17, 15) is 9.59 Å². The van der Waals surface area contributed by atoms with Gasteiger partial charge in [0.25, 0.3) is 0 Å². The second kappa shape index (κ2) is 6.07. The Bertz CT molecular complexity index is 313. The van der Waals surface area contributed by atoms with Crippen LogP contribution in [0.5, 0.6) is 0 Å². The van der Waals surface area contributed by atoms with E-state index in [2.05, 4.69) is 12.2 Å². The molecule has 5 heteroatoms. The van der Waals surface area contributed by atoms with Gasteiger partial charge in [-0.15, -0.1) is 0 Å². The largest absolute Gasteiger partial charge is 0.481 e. The summed E-state index contributed by atoms with van der Waals surface area (Å²) >= 11 is 0. The normalized spacial score (nSPS) is 17.9. The van der Waals surface area contributed by atoms with Gasteiger partial charge in [0.2, 0.25) is 0 Å². The molecule has 1 atom stereocenters. The summed E-state index contributed by atoms with van der Waals surface area (Å²) in [5.74, 6) is -1.41. The molecule has 0 aromatic carbocycles. The summed E-state index contributed by atoms with van der Waals surface area (Å²) in [5.41, 5.74) is 0.323. The number of carbonyl (C=O) groups excluding carboxylic acids is 1. The number of carboxylic acids is 1. The lowest BCUT2D eigenvalue weighted by molar-refractivity contribution is -0.141. The fourth-order valence-electron chi connectivity index (χ4n) is 2.19. The minimum atomic E-state index is -0.876. The minimum Gasteiger partial charge on any atom is -0.481 e. The van der Waals surface area contributed by atoms with Crippen molar-refractivity contribution in [2.75, 3.05) is 20.1 Å². The fraction of sp³-hybridized carbons (Fsp3) is 0.846. The third-order valence-corrected chi connectivity index (χ3v) is 3.67. The van der Waals surface area contributed by atoms with Crippen LogP contribution in [0.25, 0.3) is 0 Å². The molecule has 0 saturated heterocycles. The molecule has 18 heavy (non-hydrogen) atoms. The number of urea groups is 1. The van der Waals surface area contributed by atoms with Gasteiger partial charge < -0.3 is 15.3 Å². The van der Waals surface area contributed by atoms with Crippen LogP contribution in [-0.4, -0.2) is 42.1 Å². The number of nitrogens with one attached hydrogen (secondary N) is 1. The monoisotopic (exact) mass is 256 g/mol. The first-order valence-corrected chi connectivity index (χ1v) is 6.62. The van der Waals surface area contributed by atoms with Crippen LogP contribution in [0, 0.1) is 11.3 Å². The number of carbonyl (C=O) groups is 2. The van der Waals surface area contributed by atoms with Crippen molar-refractivity contribution >= 4 is 12.0 Å². The highest BCUT2D eigenvalue weighted by Crippen LogP contribution is 2.48. The first-order chi connectivity index (χ1) is 8.40. The molecule has 1 saturated carbocycles. The maximum absolute atomic E-state index is 11.8. The van der Waals surface area contributed by atoms with Crippen molar-refractivity contribution in [3.63, 3.8) is 0 Å². The second-order valence-corrected chi connectivity index (χ2v) is 5.53. The fourth-order valence-corrected chi connectivity index (χ4v) is 2.19. The van der Waals surface area contributed by atoms with Gasteiger partial charge in [0, 0.05) is 20.1 Å². The second-order valence-electron chi connectivity index (χ2n) is 5.53. The molecule has 0 spiro atoms. The van der Waals surface area contributed by atoms with Crippen LogP contribution >= 0.6 is 0 Å². The van der Waals surface area contributed by atoms with Gasteiger partial charge >= 0.3 is 12.0 Å². The molecule has 2 amide bonds. The van der Waals surface area contributed by atoms with Crippen LogP contribution in [-0.2, 0) is 4.79 Å². The number of nitrogens with zero attached hydrogens (tertiary/aromatic N) is 1. The minimum absolute atomic E-state index is 0.175. The Morgan fingerprint density at radius 3 is 2.50 bits per heavy atom. The molecule has 0 aromatic rings. The number of hydrogen-bond acceptors (Lipinski definition) is 2. The van der Waals surface area contributed by atoms with Crippen LogP contribution in [0.2, 0.25) is 0 Å². The molecule has 1 aliphatic rings. The number of carboxylic acid groups (broad SMARTS) is 1. The van der Waals surface area contributed by atoms with Gasteiger partial charge in [0.05, 0.1) is 5.92 Å². The van der Waals surface area contributed by atoms with E-state index in [4.69, 9.17) is 5.11 Å². The van der Waals surface area contributed by atoms with Crippen LogP contribution in [0.3, 0.4) is 0 Å². The number of rotatable bonds is 7. The maximum atomic E-state index is 11.8. The quantitative estimate of drug-likeness (QED) is 0.731. The number of amides is 2. The van der Waals surface area contributed by atoms with Gasteiger partial charge in [0.15, 0.2) is 0 Å². The van der Waals surface area contributed by atoms with Gasteiger partial charge in [-0.3, -0.25) is 4.79 Å². The number of aliphatic carboxylic acids is 1. The average molecular weight is 256 g/mol. The van der Waals surface area contributed by atoms with Crippen LogP contribution in [0.15, 0.2) is 0 Å². The highest BCUT2D eigenvalue weighted by atomic mass is 16.4. The predicted molar refractivity (Wildman–Crippen MR) is 69.4 cm³/mol. The summed E-state index contributed by atoms with van der Waals surface area (Å²) in [4.78, 5) is 24.0. The third-order valence-electron chi connectivity index (χ3n) is 3.67. The first kappa shape index (κ1) is 14.8. The zero-order valence-electron chi connectivity index (χ0n) is 11.5. The molecule has 104 valence electrons. The highest BCUT2D eigenvalue weighted by Gasteiger charge is 2.41. The Hall–Kier alpha value is -1.26. The van der Waals surface area contributed by atoms with E-state index >= 15 is 0 Å². The van der Waals surface area contributed by atoms with E-state index in [0.29, 0.717) is 12.0 Å². The molecule has 0 aromatic heterocycles. The van der Waals surface area contributed by atoms with E-state index in [1.54, 1.807) is 14.0 Å². The Kier molecular flexibility index (Phi) is 4.99. The van der Waals surface area contributed by atoms with Gasteiger partial charge in [-0.1, -0.05) is 20.3 Å². The Labute approximate surface area is 109 Å². The molecule has 1 unspecified atom stereocenters. The summed E-state index contributed by atoms with van der Waals surface area (Å²) < 4.78 is 0. The van der Waals surface area contributed by atoms with Crippen LogP contribution in [0.4, 0.5) is 4.79 Å². The molecule has 2 N–H and O–H groups in total. The van der Waals surface area contributed by atoms with Crippen molar-refractivity contribution < 1.29 is 14.7 Å². The Morgan fingerprint density at radius 2 is 2.06 bits per heavy atom. The van der Waals surface area contributed by atoms with Gasteiger partial charge in [-0.2, -0.15) is 0 Å². The highest BCUT2D eigenvalue weighted by molar-refractivity contribution is 5.75. The molecule has 5 nitrogen and oxygen atoms in total. The summed E-state index contributed by atoms with van der Waals surface area (Å²) in [6.45, 7) is 4.71. The molecule has 0 heterocycles. The molecule has 1 aliphatic carbocycles. The lowest BCUT2D eigenvalue weighted by Gasteiger charge is -2.22. The lowest BCUT2D eigenvalue weighted by atomic mass is 10.0. The lowest BCUT2D eigenvalue weighted by Crippen LogP contribution is -2.42. The molecule has 0 aliphatic heterocycles. The zero-order chi connectivity index (χ0) is 13.8. The maximum Gasteiger partial charge on any atom is 0.317 e. The first-order valence-electron chi connectivity index (χ1n) is 6.62. The van der Waals surface area contributed by atoms with Crippen molar-refractivity contribution in [1.29, 1.82) is 0 Å². The Balaban J connectivity index is 2.30. The number of hydrogen-bond donors (Lipinski definition) is 2. The van der Waals surface area contributed by atoms with E-state index in [1.165, 1.54) is 17.7 Å². The van der Waals surface area contributed by atoms with Crippen LogP contribution < -0.4 is 5.32 Å². The third kappa shape index (κ3) is 4.20. The summed E-state index contributed by atoms with van der Waals surface area (Å²) in [6, 6.07) is -0.175. The summed E-state index contributed by atoms with van der Waals surface area (Å²) in [5, 5.41) is 11.7. The standard InChI is InChI=1S/C13H24N2O3/c1-4-5-13(6-7-13)9-14-12(18)15(3)8-10(2)11(16)17/h10H,4-9H2,1-3H3,(H,14,18)(H,16,17). The van der Waals surface area contributed by atoms with Gasteiger partial charge in [0.1, 0.15) is 0 Å². The predicted octanol–water partition coefficient (Wildman–Crippen LogP) is 1.93. The average Bonchev–Trinajstić information content (AvgIpc) is 3.06. The zero-order valence-corrected chi connectivity index (χ0v) is 11.5. The van der Waals surface area contributed by atoms with E-state index < -0.39 is 11.9 Å². The SMILES string of the molecule is CCCC1(CNC(=O)N(C)CC(C)C(=O)O)CC1. The van der Waals surface area contributed by atoms with Crippen molar-refractivity contribution in [3.8, 4) is 0 Å². The molecular weight excluding hydrogens is 232 g/mol. The topological polar surface area (TPSA) is 69.6 Å². The van der Waals surface area contributed by atoms with Gasteiger partial charge in [-0.05, 0) is 24.7 Å². The van der Waals surface area contributed by atoms with Crippen molar-refractivity contribution in [3.05, 3.63) is 0 Å². The molecular formula is C13H24N2O3. The molecule has 1 fully saturated rings. The summed E-state index contributed by atoms with van der Waals surface area (Å²) in [6.07, 6.45) is 4.68. The van der Waals surface area contributed by atoms with E-state index in [-0.39, 0.29) is 12.6 Å². The van der Waals surface area contributed by atoms with Crippen molar-refractivity contribution in [1.82, 2.24) is 10.2 Å². The van der Waals surface area contributed by atoms with Crippen molar-refractivity contribution in [2.24, 2.45) is 11.3 Å². The molecule has 0 radical (unpaired) electrons. The molecule has 0 bridgehead atoms. The van der Waals surface area contributed by atoms with E-state index in [0.717, 1.165) is 12.8 Å². The van der Waals surface area contributed by atoms with Crippen molar-refractivity contribution in [2.45, 2.75) is 39.5 Å². The summed E-state index contributed by atoms with van der Waals surface area (Å²) in [7, 11) is 1.63. The smallest absolute Gasteiger partial charge is 0.317 e. The van der Waals surface area contributed by atoms with Crippen LogP contribution in [0.1, 0.15) is 39.5 Å².